The van der Waals surface area contributed by atoms with Crippen molar-refractivity contribution in [2.75, 3.05) is 7.11 Å². The molecule has 90 valence electrons. The Bertz CT molecular complexity index is 465. The summed E-state index contributed by atoms with van der Waals surface area (Å²) >= 11 is 3.48. The van der Waals surface area contributed by atoms with Gasteiger partial charge in [0, 0.05) is 29.5 Å². The Morgan fingerprint density at radius 1 is 1.18 bits per heavy atom. The first kappa shape index (κ1) is 12.2. The van der Waals surface area contributed by atoms with Crippen LogP contribution in [0.2, 0.25) is 0 Å². The van der Waals surface area contributed by atoms with Crippen LogP contribution in [-0.2, 0) is 13.1 Å². The van der Waals surface area contributed by atoms with E-state index in [1.54, 1.807) is 7.11 Å². The Hall–Kier alpha value is -1.26. The fourth-order valence-corrected chi connectivity index (χ4v) is 1.98. The van der Waals surface area contributed by atoms with Gasteiger partial charge in [-0.3, -0.25) is 0 Å². The zero-order valence-corrected chi connectivity index (χ0v) is 11.3. The number of methoxy groups -OCH3 is 1. The summed E-state index contributed by atoms with van der Waals surface area (Å²) in [4.78, 5) is 3.18. The second-order valence-corrected chi connectivity index (χ2v) is 4.61. The lowest BCUT2D eigenvalue weighted by Crippen LogP contribution is -2.13. The van der Waals surface area contributed by atoms with E-state index in [1.165, 1.54) is 11.3 Å². The lowest BCUT2D eigenvalue weighted by molar-refractivity contribution is 0.414. The van der Waals surface area contributed by atoms with Gasteiger partial charge in [-0.25, -0.2) is 0 Å². The number of H-pyrrole nitrogens is 1. The van der Waals surface area contributed by atoms with Crippen LogP contribution < -0.4 is 10.1 Å². The van der Waals surface area contributed by atoms with Crippen molar-refractivity contribution in [1.29, 1.82) is 0 Å². The third kappa shape index (κ3) is 3.35. The van der Waals surface area contributed by atoms with Crippen molar-refractivity contribution >= 4 is 15.9 Å². The molecule has 1 aromatic heterocycles. The Balaban J connectivity index is 1.83. The van der Waals surface area contributed by atoms with Crippen molar-refractivity contribution in [3.8, 4) is 5.75 Å². The zero-order chi connectivity index (χ0) is 12.1. The van der Waals surface area contributed by atoms with E-state index in [9.17, 15) is 0 Å². The van der Waals surface area contributed by atoms with Gasteiger partial charge in [-0.2, -0.15) is 0 Å². The molecule has 0 saturated carbocycles. The third-order valence-corrected chi connectivity index (χ3v) is 3.31. The van der Waals surface area contributed by atoms with Crippen LogP contribution in [0.3, 0.4) is 0 Å². The molecule has 17 heavy (non-hydrogen) atoms. The van der Waals surface area contributed by atoms with Crippen molar-refractivity contribution in [2.24, 2.45) is 0 Å². The minimum Gasteiger partial charge on any atom is -0.497 e. The lowest BCUT2D eigenvalue weighted by Gasteiger charge is -2.05. The Kier molecular flexibility index (Phi) is 4.23. The molecule has 0 bridgehead atoms. The van der Waals surface area contributed by atoms with Gasteiger partial charge in [0.15, 0.2) is 0 Å². The molecule has 0 saturated heterocycles. The maximum Gasteiger partial charge on any atom is 0.118 e. The molecule has 0 aliphatic heterocycles. The highest BCUT2D eigenvalue weighted by Crippen LogP contribution is 2.14. The first-order valence-corrected chi connectivity index (χ1v) is 6.24. The molecule has 1 aromatic carbocycles. The fraction of sp³-hybridized carbons (Fsp3) is 0.231. The highest BCUT2D eigenvalue weighted by molar-refractivity contribution is 9.10. The van der Waals surface area contributed by atoms with Crippen LogP contribution in [0.5, 0.6) is 5.75 Å². The fourth-order valence-electron chi connectivity index (χ4n) is 1.60. The van der Waals surface area contributed by atoms with Crippen molar-refractivity contribution in [2.45, 2.75) is 13.1 Å². The van der Waals surface area contributed by atoms with Gasteiger partial charge in [0.05, 0.1) is 7.11 Å². The van der Waals surface area contributed by atoms with Gasteiger partial charge in [-0.1, -0.05) is 12.1 Å². The standard InChI is InChI=1S/C13H15BrN2O/c1-17-11-4-2-10(3-5-11)8-15-9-13-12(14)6-7-16-13/h2-7,15-16H,8-9H2,1H3. The number of ether oxygens (including phenoxy) is 1. The summed E-state index contributed by atoms with van der Waals surface area (Å²) < 4.78 is 6.23. The Morgan fingerprint density at radius 3 is 2.53 bits per heavy atom. The molecule has 0 unspecified atom stereocenters. The van der Waals surface area contributed by atoms with Gasteiger partial charge in [-0.15, -0.1) is 0 Å². The SMILES string of the molecule is COc1ccc(CNCc2[nH]ccc2Br)cc1. The van der Waals surface area contributed by atoms with Gasteiger partial charge >= 0.3 is 0 Å². The third-order valence-electron chi connectivity index (χ3n) is 2.57. The monoisotopic (exact) mass is 294 g/mol. The van der Waals surface area contributed by atoms with Crippen LogP contribution in [0.4, 0.5) is 0 Å². The largest absolute Gasteiger partial charge is 0.497 e. The molecule has 0 amide bonds. The van der Waals surface area contributed by atoms with Gasteiger partial charge in [0.1, 0.15) is 5.75 Å². The summed E-state index contributed by atoms with van der Waals surface area (Å²) in [6.45, 7) is 1.66. The average molecular weight is 295 g/mol. The average Bonchev–Trinajstić information content (AvgIpc) is 2.76. The molecule has 0 atom stereocenters. The van der Waals surface area contributed by atoms with E-state index >= 15 is 0 Å². The molecular formula is C13H15BrN2O. The van der Waals surface area contributed by atoms with Crippen LogP contribution in [0, 0.1) is 0 Å². The zero-order valence-electron chi connectivity index (χ0n) is 9.66. The van der Waals surface area contributed by atoms with Crippen LogP contribution in [0.25, 0.3) is 0 Å². The predicted octanol–water partition coefficient (Wildman–Crippen LogP) is 3.08. The van der Waals surface area contributed by atoms with Gasteiger partial charge in [0.2, 0.25) is 0 Å². The van der Waals surface area contributed by atoms with Gasteiger partial charge in [-0.05, 0) is 39.7 Å². The van der Waals surface area contributed by atoms with E-state index < -0.39 is 0 Å². The molecule has 2 rings (SSSR count). The summed E-state index contributed by atoms with van der Waals surface area (Å²) in [6, 6.07) is 10.1. The summed E-state index contributed by atoms with van der Waals surface area (Å²) in [5.74, 6) is 0.890. The van der Waals surface area contributed by atoms with E-state index in [1.807, 2.05) is 24.4 Å². The topological polar surface area (TPSA) is 37.0 Å². The number of benzene rings is 1. The first-order chi connectivity index (χ1) is 8.29. The van der Waals surface area contributed by atoms with Crippen molar-refractivity contribution in [1.82, 2.24) is 10.3 Å². The van der Waals surface area contributed by atoms with Gasteiger partial charge < -0.3 is 15.0 Å². The minimum absolute atomic E-state index is 0.819. The summed E-state index contributed by atoms with van der Waals surface area (Å²) in [6.07, 6.45) is 1.93. The van der Waals surface area contributed by atoms with Crippen LogP contribution in [0.1, 0.15) is 11.3 Å². The van der Waals surface area contributed by atoms with Crippen molar-refractivity contribution in [3.05, 3.63) is 52.3 Å². The van der Waals surface area contributed by atoms with E-state index in [0.29, 0.717) is 0 Å². The Morgan fingerprint density at radius 2 is 1.94 bits per heavy atom. The smallest absolute Gasteiger partial charge is 0.118 e. The second kappa shape index (κ2) is 5.89. The number of nitrogens with one attached hydrogen (secondary N) is 2. The molecule has 2 N–H and O–H groups in total. The second-order valence-electron chi connectivity index (χ2n) is 3.76. The molecular weight excluding hydrogens is 280 g/mol. The lowest BCUT2D eigenvalue weighted by atomic mass is 10.2. The maximum absolute atomic E-state index is 5.12. The number of aromatic amines is 1. The number of hydrogen-bond donors (Lipinski definition) is 2. The van der Waals surface area contributed by atoms with Gasteiger partial charge in [0.25, 0.3) is 0 Å². The predicted molar refractivity (Wildman–Crippen MR) is 72.0 cm³/mol. The van der Waals surface area contributed by atoms with Crippen molar-refractivity contribution in [3.63, 3.8) is 0 Å². The first-order valence-electron chi connectivity index (χ1n) is 5.45. The molecule has 0 aliphatic carbocycles. The number of halogens is 1. The molecule has 2 aromatic rings. The van der Waals surface area contributed by atoms with Crippen molar-refractivity contribution < 1.29 is 4.74 Å². The summed E-state index contributed by atoms with van der Waals surface area (Å²) in [7, 11) is 1.68. The van der Waals surface area contributed by atoms with E-state index in [2.05, 4.69) is 38.4 Å². The van der Waals surface area contributed by atoms with Crippen LogP contribution in [0.15, 0.2) is 41.0 Å². The molecule has 1 heterocycles. The quantitative estimate of drug-likeness (QED) is 0.889. The highest BCUT2D eigenvalue weighted by Gasteiger charge is 1.99. The summed E-state index contributed by atoms with van der Waals surface area (Å²) in [5, 5.41) is 3.38. The molecule has 0 radical (unpaired) electrons. The maximum atomic E-state index is 5.12. The Labute approximate surface area is 109 Å². The number of rotatable bonds is 5. The molecule has 0 spiro atoms. The normalized spacial score (nSPS) is 10.5. The molecule has 0 aliphatic rings. The number of hydrogen-bond acceptors (Lipinski definition) is 2. The number of aromatic nitrogens is 1. The van der Waals surface area contributed by atoms with E-state index in [4.69, 9.17) is 4.74 Å². The molecule has 4 heteroatoms. The van der Waals surface area contributed by atoms with E-state index in [-0.39, 0.29) is 0 Å². The highest BCUT2D eigenvalue weighted by atomic mass is 79.9. The minimum atomic E-state index is 0.819. The summed E-state index contributed by atoms with van der Waals surface area (Å²) in [5.41, 5.74) is 2.41. The molecule has 0 fully saturated rings. The van der Waals surface area contributed by atoms with Crippen LogP contribution >= 0.6 is 15.9 Å². The molecule has 3 nitrogen and oxygen atoms in total. The van der Waals surface area contributed by atoms with Crippen LogP contribution in [-0.4, -0.2) is 12.1 Å². The van der Waals surface area contributed by atoms with E-state index in [0.717, 1.165) is 23.3 Å².